The molecule has 1 aromatic heterocycles. The van der Waals surface area contributed by atoms with Crippen LogP contribution < -0.4 is 5.73 Å². The first-order chi connectivity index (χ1) is 4.86. The van der Waals surface area contributed by atoms with Crippen molar-refractivity contribution in [3.8, 4) is 0 Å². The van der Waals surface area contributed by atoms with Gasteiger partial charge in [0.2, 0.25) is 5.16 Å². The van der Waals surface area contributed by atoms with Crippen molar-refractivity contribution in [2.75, 3.05) is 6.26 Å². The summed E-state index contributed by atoms with van der Waals surface area (Å²) in [6.07, 6.45) is 3.54. The van der Waals surface area contributed by atoms with Gasteiger partial charge in [0.15, 0.2) is 0 Å². The fraction of sp³-hybridized carbons (Fsp3) is 0.400. The highest BCUT2D eigenvalue weighted by atomic mass is 32.2. The van der Waals surface area contributed by atoms with E-state index in [1.165, 1.54) is 11.8 Å². The quantitative estimate of drug-likeness (QED) is 0.613. The second kappa shape index (κ2) is 3.48. The van der Waals surface area contributed by atoms with Crippen LogP contribution in [-0.2, 0) is 6.54 Å². The third kappa shape index (κ3) is 1.65. The highest BCUT2D eigenvalue weighted by Gasteiger charge is 1.93. The summed E-state index contributed by atoms with van der Waals surface area (Å²) in [7, 11) is 0. The van der Waals surface area contributed by atoms with E-state index in [1.54, 1.807) is 6.20 Å². The highest BCUT2D eigenvalue weighted by molar-refractivity contribution is 7.98. The van der Waals surface area contributed by atoms with Crippen LogP contribution in [0.4, 0.5) is 0 Å². The summed E-state index contributed by atoms with van der Waals surface area (Å²) in [5.74, 6) is 0. The standard InChI is InChI=1S/C5H8N4S/c1-10-5-7-3-4(2-6)8-9-5/h3H,2,6H2,1H3. The van der Waals surface area contributed by atoms with Crippen LogP contribution in [0.3, 0.4) is 0 Å². The van der Waals surface area contributed by atoms with Gasteiger partial charge in [0.1, 0.15) is 0 Å². The molecule has 1 rings (SSSR count). The summed E-state index contributed by atoms with van der Waals surface area (Å²) in [6.45, 7) is 0.397. The van der Waals surface area contributed by atoms with Crippen LogP contribution in [0.5, 0.6) is 0 Å². The average Bonchev–Trinajstić information content (AvgIpc) is 2.05. The maximum Gasteiger partial charge on any atom is 0.208 e. The molecular formula is C5H8N4S. The second-order valence-electron chi connectivity index (χ2n) is 1.64. The summed E-state index contributed by atoms with van der Waals surface area (Å²) < 4.78 is 0. The summed E-state index contributed by atoms with van der Waals surface area (Å²) >= 11 is 1.46. The number of aromatic nitrogens is 3. The Bertz CT molecular complexity index is 174. The summed E-state index contributed by atoms with van der Waals surface area (Å²) in [4.78, 5) is 3.98. The van der Waals surface area contributed by atoms with E-state index in [0.717, 1.165) is 5.69 Å². The largest absolute Gasteiger partial charge is 0.325 e. The second-order valence-corrected chi connectivity index (χ2v) is 2.41. The molecule has 54 valence electrons. The van der Waals surface area contributed by atoms with Gasteiger partial charge in [-0.3, -0.25) is 0 Å². The number of hydrogen-bond acceptors (Lipinski definition) is 5. The maximum atomic E-state index is 5.29. The van der Waals surface area contributed by atoms with Gasteiger partial charge < -0.3 is 5.73 Å². The molecule has 5 heteroatoms. The Balaban J connectivity index is 2.80. The third-order valence-electron chi connectivity index (χ3n) is 0.980. The van der Waals surface area contributed by atoms with Crippen LogP contribution in [0.15, 0.2) is 11.4 Å². The predicted octanol–water partition coefficient (Wildman–Crippen LogP) is 0.0522. The van der Waals surface area contributed by atoms with Crippen molar-refractivity contribution in [2.24, 2.45) is 5.73 Å². The minimum Gasteiger partial charge on any atom is -0.325 e. The first-order valence-corrected chi connectivity index (χ1v) is 4.02. The summed E-state index contributed by atoms with van der Waals surface area (Å²) in [5, 5.41) is 8.28. The van der Waals surface area contributed by atoms with E-state index in [-0.39, 0.29) is 0 Å². The maximum absolute atomic E-state index is 5.29. The van der Waals surface area contributed by atoms with Gasteiger partial charge in [-0.2, -0.15) is 0 Å². The normalized spacial score (nSPS) is 9.80. The zero-order chi connectivity index (χ0) is 7.40. The van der Waals surface area contributed by atoms with Gasteiger partial charge in [-0.05, 0) is 6.26 Å². The van der Waals surface area contributed by atoms with E-state index in [2.05, 4.69) is 15.2 Å². The molecule has 1 aromatic rings. The third-order valence-corrected chi connectivity index (χ3v) is 1.53. The number of thioether (sulfide) groups is 1. The van der Waals surface area contributed by atoms with E-state index in [4.69, 9.17) is 5.73 Å². The van der Waals surface area contributed by atoms with Crippen molar-refractivity contribution in [1.82, 2.24) is 15.2 Å². The number of hydrogen-bond donors (Lipinski definition) is 1. The molecule has 0 spiro atoms. The molecule has 4 nitrogen and oxygen atoms in total. The molecule has 0 radical (unpaired) electrons. The molecule has 1 heterocycles. The first-order valence-electron chi connectivity index (χ1n) is 2.79. The first kappa shape index (κ1) is 7.43. The lowest BCUT2D eigenvalue weighted by Gasteiger charge is -1.93. The van der Waals surface area contributed by atoms with Crippen molar-refractivity contribution in [3.63, 3.8) is 0 Å². The van der Waals surface area contributed by atoms with Crippen LogP contribution in [0.1, 0.15) is 5.69 Å². The van der Waals surface area contributed by atoms with E-state index in [0.29, 0.717) is 11.7 Å². The Hall–Kier alpha value is -0.680. The Morgan fingerprint density at radius 1 is 1.60 bits per heavy atom. The van der Waals surface area contributed by atoms with Crippen molar-refractivity contribution in [1.29, 1.82) is 0 Å². The monoisotopic (exact) mass is 156 g/mol. The lowest BCUT2D eigenvalue weighted by Crippen LogP contribution is -2.02. The molecule has 0 saturated heterocycles. The fourth-order valence-corrected chi connectivity index (χ4v) is 0.756. The molecule has 2 N–H and O–H groups in total. The van der Waals surface area contributed by atoms with E-state index in [9.17, 15) is 0 Å². The number of nitrogens with zero attached hydrogens (tertiary/aromatic N) is 3. The van der Waals surface area contributed by atoms with Crippen LogP contribution in [0, 0.1) is 0 Å². The Morgan fingerprint density at radius 2 is 2.40 bits per heavy atom. The number of rotatable bonds is 2. The average molecular weight is 156 g/mol. The molecule has 10 heavy (non-hydrogen) atoms. The Morgan fingerprint density at radius 3 is 2.80 bits per heavy atom. The lowest BCUT2D eigenvalue weighted by molar-refractivity contribution is 0.782. The molecular weight excluding hydrogens is 148 g/mol. The summed E-state index contributed by atoms with van der Waals surface area (Å²) in [5.41, 5.74) is 6.01. The van der Waals surface area contributed by atoms with E-state index >= 15 is 0 Å². The van der Waals surface area contributed by atoms with Crippen LogP contribution in [0.25, 0.3) is 0 Å². The smallest absolute Gasteiger partial charge is 0.208 e. The van der Waals surface area contributed by atoms with Gasteiger partial charge in [-0.25, -0.2) is 4.98 Å². The van der Waals surface area contributed by atoms with Crippen molar-refractivity contribution in [2.45, 2.75) is 11.7 Å². The molecule has 0 aliphatic heterocycles. The van der Waals surface area contributed by atoms with Gasteiger partial charge in [-0.1, -0.05) is 11.8 Å². The molecule has 0 saturated carbocycles. The molecule has 0 aliphatic carbocycles. The predicted molar refractivity (Wildman–Crippen MR) is 39.5 cm³/mol. The fourth-order valence-electron chi connectivity index (χ4n) is 0.475. The van der Waals surface area contributed by atoms with Crippen molar-refractivity contribution >= 4 is 11.8 Å². The van der Waals surface area contributed by atoms with Gasteiger partial charge >= 0.3 is 0 Å². The van der Waals surface area contributed by atoms with Crippen molar-refractivity contribution in [3.05, 3.63) is 11.9 Å². The highest BCUT2D eigenvalue weighted by Crippen LogP contribution is 2.03. The minimum atomic E-state index is 0.397. The van der Waals surface area contributed by atoms with Crippen LogP contribution >= 0.6 is 11.8 Å². The molecule has 0 amide bonds. The van der Waals surface area contributed by atoms with Gasteiger partial charge in [0.05, 0.1) is 11.9 Å². The number of nitrogens with two attached hydrogens (primary N) is 1. The molecule has 0 aliphatic rings. The molecule has 0 bridgehead atoms. The van der Waals surface area contributed by atoms with E-state index < -0.39 is 0 Å². The molecule has 0 unspecified atom stereocenters. The zero-order valence-electron chi connectivity index (χ0n) is 5.61. The van der Waals surface area contributed by atoms with Gasteiger partial charge in [0, 0.05) is 6.54 Å². The molecule has 0 fully saturated rings. The molecule has 0 atom stereocenters. The van der Waals surface area contributed by atoms with Gasteiger partial charge in [0.25, 0.3) is 0 Å². The lowest BCUT2D eigenvalue weighted by atomic mass is 10.5. The van der Waals surface area contributed by atoms with Gasteiger partial charge in [-0.15, -0.1) is 10.2 Å². The topological polar surface area (TPSA) is 64.7 Å². The molecule has 0 aromatic carbocycles. The van der Waals surface area contributed by atoms with E-state index in [1.807, 2.05) is 6.26 Å². The zero-order valence-corrected chi connectivity index (χ0v) is 6.43. The Kier molecular flexibility index (Phi) is 2.58. The summed E-state index contributed by atoms with van der Waals surface area (Å²) in [6, 6.07) is 0. The Labute approximate surface area is 63.3 Å². The van der Waals surface area contributed by atoms with Crippen LogP contribution in [-0.4, -0.2) is 21.4 Å². The minimum absolute atomic E-state index is 0.397. The SMILES string of the molecule is CSc1ncc(CN)nn1. The van der Waals surface area contributed by atoms with Crippen molar-refractivity contribution < 1.29 is 0 Å². The van der Waals surface area contributed by atoms with Crippen LogP contribution in [0.2, 0.25) is 0 Å².